The Morgan fingerprint density at radius 3 is 2.78 bits per heavy atom. The molecule has 122 valence electrons. The first-order chi connectivity index (χ1) is 11.1. The zero-order valence-electron chi connectivity index (χ0n) is 12.8. The fourth-order valence-corrected chi connectivity index (χ4v) is 2.88. The van der Waals surface area contributed by atoms with Gasteiger partial charge in [0.15, 0.2) is 5.78 Å². The maximum absolute atomic E-state index is 12.2. The molecule has 1 aromatic carbocycles. The molecule has 0 heterocycles. The van der Waals surface area contributed by atoms with Crippen LogP contribution >= 0.6 is 23.8 Å². The van der Waals surface area contributed by atoms with E-state index < -0.39 is 0 Å². The molecule has 1 aliphatic rings. The molecule has 1 atom stereocenters. The Hall–Kier alpha value is -1.33. The van der Waals surface area contributed by atoms with Crippen molar-refractivity contribution in [1.29, 1.82) is 0 Å². The molecule has 0 fully saturated rings. The minimum absolute atomic E-state index is 0.00912. The van der Waals surface area contributed by atoms with Gasteiger partial charge < -0.3 is 10.4 Å². The average Bonchev–Trinajstić information content (AvgIpc) is 2.57. The maximum atomic E-state index is 12.2. The number of allylic oxidation sites excluding steroid dienone is 4. The number of rotatable bonds is 8. The summed E-state index contributed by atoms with van der Waals surface area (Å²) in [6.45, 7) is 0.525. The second-order valence-corrected chi connectivity index (χ2v) is 6.40. The first-order valence-electron chi connectivity index (χ1n) is 7.62. The summed E-state index contributed by atoms with van der Waals surface area (Å²) in [6, 6.07) is 9.89. The Morgan fingerprint density at radius 1 is 1.35 bits per heavy atom. The summed E-state index contributed by atoms with van der Waals surface area (Å²) in [5.74, 6) is -0.00912. The summed E-state index contributed by atoms with van der Waals surface area (Å²) < 4.78 is 0. The second-order valence-electron chi connectivity index (χ2n) is 5.47. The summed E-state index contributed by atoms with van der Waals surface area (Å²) in [6.07, 6.45) is 5.05. The van der Waals surface area contributed by atoms with Gasteiger partial charge in [0.25, 0.3) is 0 Å². The van der Waals surface area contributed by atoms with E-state index in [9.17, 15) is 9.90 Å². The van der Waals surface area contributed by atoms with Crippen LogP contribution in [0.25, 0.3) is 0 Å². The molecule has 0 spiro atoms. The molecule has 3 nitrogen and oxygen atoms in total. The monoisotopic (exact) mass is 349 g/mol. The lowest BCUT2D eigenvalue weighted by molar-refractivity contribution is -0.115. The zero-order valence-corrected chi connectivity index (χ0v) is 14.4. The molecule has 1 unspecified atom stereocenters. The number of carbonyl (C=O) groups is 1. The van der Waals surface area contributed by atoms with Crippen molar-refractivity contribution in [2.24, 2.45) is 0 Å². The number of halogens is 1. The smallest absolute Gasteiger partial charge is 0.165 e. The van der Waals surface area contributed by atoms with E-state index in [1.165, 1.54) is 0 Å². The lowest BCUT2D eigenvalue weighted by Crippen LogP contribution is -2.36. The van der Waals surface area contributed by atoms with Crippen molar-refractivity contribution in [1.82, 2.24) is 5.32 Å². The van der Waals surface area contributed by atoms with E-state index in [0.717, 1.165) is 12.0 Å². The van der Waals surface area contributed by atoms with E-state index in [-0.39, 0.29) is 18.4 Å². The zero-order chi connectivity index (χ0) is 16.7. The normalized spacial score (nSPS) is 15.8. The lowest BCUT2D eigenvalue weighted by Gasteiger charge is -2.17. The first-order valence-corrected chi connectivity index (χ1v) is 8.40. The molecule has 0 saturated heterocycles. The van der Waals surface area contributed by atoms with Crippen LogP contribution in [0, 0.1) is 0 Å². The van der Waals surface area contributed by atoms with Crippen molar-refractivity contribution >= 4 is 34.5 Å². The third-order valence-corrected chi connectivity index (χ3v) is 4.35. The molecule has 0 saturated carbocycles. The molecule has 2 N–H and O–H groups in total. The summed E-state index contributed by atoms with van der Waals surface area (Å²) in [4.78, 5) is 12.9. The van der Waals surface area contributed by atoms with Gasteiger partial charge >= 0.3 is 0 Å². The second kappa shape index (κ2) is 9.08. The molecule has 0 radical (unpaired) electrons. The SMILES string of the molecule is O=C(CCNC(CO)Cc1ccccc1)C1=CC(Cl)=CCC1=S. The van der Waals surface area contributed by atoms with Crippen molar-refractivity contribution in [3.8, 4) is 0 Å². The van der Waals surface area contributed by atoms with Crippen LogP contribution in [0.15, 0.2) is 53.1 Å². The quantitative estimate of drug-likeness (QED) is 0.708. The number of ketones is 1. The minimum Gasteiger partial charge on any atom is -0.395 e. The number of nitrogens with one attached hydrogen (secondary N) is 1. The lowest BCUT2D eigenvalue weighted by atomic mass is 9.98. The van der Waals surface area contributed by atoms with Crippen molar-refractivity contribution in [3.63, 3.8) is 0 Å². The Labute approximate surface area is 147 Å². The van der Waals surface area contributed by atoms with Gasteiger partial charge in [0.05, 0.1) is 6.61 Å². The molecule has 0 aliphatic heterocycles. The predicted molar refractivity (Wildman–Crippen MR) is 97.9 cm³/mol. The van der Waals surface area contributed by atoms with Crippen molar-refractivity contribution in [2.45, 2.75) is 25.3 Å². The third kappa shape index (κ3) is 5.66. The highest BCUT2D eigenvalue weighted by molar-refractivity contribution is 7.81. The molecule has 2 rings (SSSR count). The summed E-state index contributed by atoms with van der Waals surface area (Å²) in [5, 5.41) is 13.3. The van der Waals surface area contributed by atoms with Crippen LogP contribution in [0.5, 0.6) is 0 Å². The standard InChI is InChI=1S/C18H20ClNO2S/c19-14-6-7-18(23)16(11-14)17(22)8-9-20-15(12-21)10-13-4-2-1-3-5-13/h1-6,11,15,20-21H,7-10,12H2. The molecule has 0 amide bonds. The number of hydrogen-bond donors (Lipinski definition) is 2. The number of aliphatic hydroxyl groups is 1. The Balaban J connectivity index is 1.82. The van der Waals surface area contributed by atoms with Crippen molar-refractivity contribution in [3.05, 3.63) is 58.7 Å². The molecule has 0 bridgehead atoms. The Bertz CT molecular complexity index is 625. The third-order valence-electron chi connectivity index (χ3n) is 3.70. The van der Waals surface area contributed by atoms with Gasteiger partial charge in [-0.05, 0) is 18.1 Å². The van der Waals surface area contributed by atoms with Gasteiger partial charge in [0.2, 0.25) is 0 Å². The fraction of sp³-hybridized carbons (Fsp3) is 0.333. The topological polar surface area (TPSA) is 49.3 Å². The number of aliphatic hydroxyl groups excluding tert-OH is 1. The number of carbonyl (C=O) groups excluding carboxylic acids is 1. The largest absolute Gasteiger partial charge is 0.395 e. The highest BCUT2D eigenvalue weighted by atomic mass is 35.5. The van der Waals surface area contributed by atoms with E-state index >= 15 is 0 Å². The van der Waals surface area contributed by atoms with Gasteiger partial charge in [0, 0.05) is 40.9 Å². The van der Waals surface area contributed by atoms with Crippen molar-refractivity contribution in [2.75, 3.05) is 13.2 Å². The van der Waals surface area contributed by atoms with Gasteiger partial charge in [-0.2, -0.15) is 0 Å². The van der Waals surface area contributed by atoms with E-state index in [1.54, 1.807) is 12.2 Å². The highest BCUT2D eigenvalue weighted by Crippen LogP contribution is 2.19. The van der Waals surface area contributed by atoms with Crippen LogP contribution in [-0.4, -0.2) is 34.9 Å². The van der Waals surface area contributed by atoms with Gasteiger partial charge in [0.1, 0.15) is 0 Å². The number of thiocarbonyl (C=S) groups is 1. The molecule has 23 heavy (non-hydrogen) atoms. The van der Waals surface area contributed by atoms with Crippen LogP contribution < -0.4 is 5.32 Å². The van der Waals surface area contributed by atoms with E-state index in [0.29, 0.717) is 34.9 Å². The Kier molecular flexibility index (Phi) is 7.12. The Morgan fingerprint density at radius 2 is 2.09 bits per heavy atom. The van der Waals surface area contributed by atoms with Crippen LogP contribution in [0.1, 0.15) is 18.4 Å². The average molecular weight is 350 g/mol. The number of Topliss-reactive ketones (excluding diaryl/α,β-unsaturated/α-hetero) is 1. The number of hydrogen-bond acceptors (Lipinski definition) is 4. The van der Waals surface area contributed by atoms with Crippen LogP contribution in [0.4, 0.5) is 0 Å². The fourth-order valence-electron chi connectivity index (χ4n) is 2.44. The first kappa shape index (κ1) is 18.0. The van der Waals surface area contributed by atoms with Crippen LogP contribution in [-0.2, 0) is 11.2 Å². The highest BCUT2D eigenvalue weighted by Gasteiger charge is 2.17. The molecule has 5 heteroatoms. The minimum atomic E-state index is -0.0685. The molecular weight excluding hydrogens is 330 g/mol. The molecular formula is C18H20ClNO2S. The summed E-state index contributed by atoms with van der Waals surface area (Å²) in [7, 11) is 0. The van der Waals surface area contributed by atoms with Gasteiger partial charge in [-0.3, -0.25) is 4.79 Å². The van der Waals surface area contributed by atoms with Crippen LogP contribution in [0.3, 0.4) is 0 Å². The summed E-state index contributed by atoms with van der Waals surface area (Å²) in [5.41, 5.74) is 1.69. The maximum Gasteiger partial charge on any atom is 0.165 e. The number of benzene rings is 1. The van der Waals surface area contributed by atoms with Crippen molar-refractivity contribution < 1.29 is 9.90 Å². The van der Waals surface area contributed by atoms with Gasteiger partial charge in [-0.15, -0.1) is 0 Å². The van der Waals surface area contributed by atoms with E-state index in [4.69, 9.17) is 23.8 Å². The molecule has 0 aromatic heterocycles. The van der Waals surface area contributed by atoms with Gasteiger partial charge in [-0.25, -0.2) is 0 Å². The van der Waals surface area contributed by atoms with E-state index in [1.807, 2.05) is 30.3 Å². The predicted octanol–water partition coefficient (Wildman–Crippen LogP) is 2.96. The summed E-state index contributed by atoms with van der Waals surface area (Å²) >= 11 is 11.2. The van der Waals surface area contributed by atoms with Crippen LogP contribution in [0.2, 0.25) is 0 Å². The molecule has 1 aliphatic carbocycles. The van der Waals surface area contributed by atoms with Gasteiger partial charge in [-0.1, -0.05) is 60.2 Å². The van der Waals surface area contributed by atoms with E-state index in [2.05, 4.69) is 5.32 Å². The molecule has 1 aromatic rings.